The number of halogens is 1. The molecule has 0 N–H and O–H groups in total. The molecule has 0 bridgehead atoms. The molecule has 0 radical (unpaired) electrons. The number of nitrogens with zero attached hydrogens (tertiary/aromatic N) is 1. The molecule has 1 aromatic heterocycles. The van der Waals surface area contributed by atoms with Crippen LogP contribution in [-0.2, 0) is 11.2 Å². The Labute approximate surface area is 93.7 Å². The van der Waals surface area contributed by atoms with E-state index in [9.17, 15) is 4.79 Å². The molecule has 0 unspecified atom stereocenters. The van der Waals surface area contributed by atoms with Gasteiger partial charge < -0.3 is 0 Å². The normalized spacial score (nSPS) is 10.6. The SMILES string of the molecule is Bc1cncc(Br)c1CC(=O)C(C)C. The summed E-state index contributed by atoms with van der Waals surface area (Å²) < 4.78 is 0.923. The summed E-state index contributed by atoms with van der Waals surface area (Å²) in [7, 11) is 1.97. The number of hydrogen-bond donors (Lipinski definition) is 0. The van der Waals surface area contributed by atoms with Crippen molar-refractivity contribution in [2.75, 3.05) is 0 Å². The highest BCUT2D eigenvalue weighted by Crippen LogP contribution is 2.14. The highest BCUT2D eigenvalue weighted by atomic mass is 79.9. The first kappa shape index (κ1) is 11.4. The van der Waals surface area contributed by atoms with Gasteiger partial charge >= 0.3 is 0 Å². The van der Waals surface area contributed by atoms with E-state index in [0.29, 0.717) is 6.42 Å². The number of Topliss-reactive ketones (excluding diaryl/α,β-unsaturated/α-hetero) is 1. The van der Waals surface area contributed by atoms with Crippen LogP contribution in [0.1, 0.15) is 19.4 Å². The quantitative estimate of drug-likeness (QED) is 0.749. The Morgan fingerprint density at radius 2 is 2.21 bits per heavy atom. The third kappa shape index (κ3) is 2.67. The Hall–Kier alpha value is -0.635. The van der Waals surface area contributed by atoms with Gasteiger partial charge in [-0.2, -0.15) is 0 Å². The molecule has 74 valence electrons. The number of carbonyl (C=O) groups is 1. The van der Waals surface area contributed by atoms with Gasteiger partial charge in [-0.25, -0.2) is 0 Å². The molecule has 0 aliphatic rings. The van der Waals surface area contributed by atoms with Crippen LogP contribution in [0, 0.1) is 5.92 Å². The van der Waals surface area contributed by atoms with Crippen molar-refractivity contribution in [2.24, 2.45) is 5.92 Å². The predicted octanol–water partition coefficient (Wildman–Crippen LogP) is 0.870. The molecule has 0 fully saturated rings. The van der Waals surface area contributed by atoms with Crippen LogP contribution in [0.15, 0.2) is 16.9 Å². The minimum absolute atomic E-state index is 0.0921. The molecule has 1 aromatic rings. The molecule has 0 saturated heterocycles. The van der Waals surface area contributed by atoms with Crippen molar-refractivity contribution in [2.45, 2.75) is 20.3 Å². The fraction of sp³-hybridized carbons (Fsp3) is 0.400. The maximum absolute atomic E-state index is 11.6. The Bertz CT molecular complexity index is 332. The van der Waals surface area contributed by atoms with E-state index < -0.39 is 0 Å². The molecule has 1 heterocycles. The summed E-state index contributed by atoms with van der Waals surface area (Å²) >= 11 is 3.41. The third-order valence-electron chi connectivity index (χ3n) is 2.22. The largest absolute Gasteiger partial charge is 0.299 e. The lowest BCUT2D eigenvalue weighted by atomic mass is 9.89. The summed E-state index contributed by atoms with van der Waals surface area (Å²) in [5.74, 6) is 0.356. The maximum Gasteiger partial charge on any atom is 0.141 e. The molecular weight excluding hydrogens is 241 g/mol. The predicted molar refractivity (Wildman–Crippen MR) is 63.7 cm³/mol. The molecule has 2 nitrogen and oxygen atoms in total. The van der Waals surface area contributed by atoms with Gasteiger partial charge in [0.05, 0.1) is 0 Å². The second-order valence-electron chi connectivity index (χ2n) is 3.71. The monoisotopic (exact) mass is 253 g/mol. The smallest absolute Gasteiger partial charge is 0.141 e. The minimum atomic E-state index is 0.0921. The second-order valence-corrected chi connectivity index (χ2v) is 4.57. The lowest BCUT2D eigenvalue weighted by Crippen LogP contribution is -2.19. The van der Waals surface area contributed by atoms with Crippen LogP contribution in [-0.4, -0.2) is 18.6 Å². The zero-order valence-corrected chi connectivity index (χ0v) is 10.3. The van der Waals surface area contributed by atoms with Crippen molar-refractivity contribution in [1.82, 2.24) is 4.98 Å². The van der Waals surface area contributed by atoms with Gasteiger partial charge in [-0.05, 0) is 21.5 Å². The van der Waals surface area contributed by atoms with E-state index in [-0.39, 0.29) is 11.7 Å². The Morgan fingerprint density at radius 1 is 1.57 bits per heavy atom. The molecule has 1 rings (SSSR count). The summed E-state index contributed by atoms with van der Waals surface area (Å²) in [4.78, 5) is 15.6. The van der Waals surface area contributed by atoms with E-state index in [2.05, 4.69) is 20.9 Å². The van der Waals surface area contributed by atoms with Crippen molar-refractivity contribution in [3.8, 4) is 0 Å². The summed E-state index contributed by atoms with van der Waals surface area (Å²) in [5.41, 5.74) is 2.12. The fourth-order valence-electron chi connectivity index (χ4n) is 1.16. The van der Waals surface area contributed by atoms with Crippen molar-refractivity contribution in [1.29, 1.82) is 0 Å². The first-order valence-electron chi connectivity index (χ1n) is 4.64. The number of ketones is 1. The average Bonchev–Trinajstić information content (AvgIpc) is 2.11. The van der Waals surface area contributed by atoms with E-state index in [1.54, 1.807) is 12.4 Å². The molecule has 0 aliphatic carbocycles. The van der Waals surface area contributed by atoms with Crippen LogP contribution in [0.2, 0.25) is 0 Å². The molecule has 0 aliphatic heterocycles. The van der Waals surface area contributed by atoms with Crippen LogP contribution in [0.5, 0.6) is 0 Å². The van der Waals surface area contributed by atoms with Crippen molar-refractivity contribution in [3.63, 3.8) is 0 Å². The number of hydrogen-bond acceptors (Lipinski definition) is 2. The summed E-state index contributed by atoms with van der Waals surface area (Å²) in [5, 5.41) is 0. The number of pyridine rings is 1. The van der Waals surface area contributed by atoms with Gasteiger partial charge in [0.15, 0.2) is 0 Å². The second kappa shape index (κ2) is 4.74. The summed E-state index contributed by atoms with van der Waals surface area (Å²) in [6, 6.07) is 0. The van der Waals surface area contributed by atoms with Gasteiger partial charge in [-0.1, -0.05) is 19.3 Å². The number of carbonyl (C=O) groups excluding carboxylic acids is 1. The van der Waals surface area contributed by atoms with Crippen molar-refractivity contribution in [3.05, 3.63) is 22.4 Å². The number of aromatic nitrogens is 1. The fourth-order valence-corrected chi connectivity index (χ4v) is 1.73. The van der Waals surface area contributed by atoms with E-state index in [1.165, 1.54) is 0 Å². The maximum atomic E-state index is 11.6. The average molecular weight is 254 g/mol. The lowest BCUT2D eigenvalue weighted by Gasteiger charge is -2.08. The molecular formula is C10H13BBrNO. The topological polar surface area (TPSA) is 30.0 Å². The van der Waals surface area contributed by atoms with Crippen LogP contribution in [0.3, 0.4) is 0 Å². The standard InChI is InChI=1S/C10H13BBrNO/c1-6(2)10(14)3-7-8(11)4-13-5-9(7)12/h4-6H,3,11H2,1-2H3. The molecule has 4 heteroatoms. The third-order valence-corrected chi connectivity index (χ3v) is 2.90. The molecule has 0 saturated carbocycles. The molecule has 0 spiro atoms. The molecule has 0 amide bonds. The Kier molecular flexibility index (Phi) is 3.87. The van der Waals surface area contributed by atoms with Crippen molar-refractivity contribution < 1.29 is 4.79 Å². The minimum Gasteiger partial charge on any atom is -0.299 e. The Morgan fingerprint density at radius 3 is 2.71 bits per heavy atom. The first-order valence-corrected chi connectivity index (χ1v) is 5.43. The van der Waals surface area contributed by atoms with Crippen LogP contribution >= 0.6 is 15.9 Å². The highest BCUT2D eigenvalue weighted by molar-refractivity contribution is 9.10. The van der Waals surface area contributed by atoms with Gasteiger partial charge in [0, 0.05) is 29.2 Å². The molecule has 0 aromatic carbocycles. The van der Waals surface area contributed by atoms with Crippen LogP contribution in [0.25, 0.3) is 0 Å². The molecule has 0 atom stereocenters. The first-order chi connectivity index (χ1) is 6.52. The van der Waals surface area contributed by atoms with E-state index in [1.807, 2.05) is 21.7 Å². The van der Waals surface area contributed by atoms with Gasteiger partial charge in [0.1, 0.15) is 13.6 Å². The lowest BCUT2D eigenvalue weighted by molar-refractivity contribution is -0.121. The van der Waals surface area contributed by atoms with Crippen LogP contribution in [0.4, 0.5) is 0 Å². The van der Waals surface area contributed by atoms with E-state index in [4.69, 9.17) is 0 Å². The summed E-state index contributed by atoms with van der Waals surface area (Å²) in [6.07, 6.45) is 4.01. The highest BCUT2D eigenvalue weighted by Gasteiger charge is 2.12. The van der Waals surface area contributed by atoms with Crippen molar-refractivity contribution >= 4 is 35.0 Å². The van der Waals surface area contributed by atoms with Gasteiger partial charge in [0.25, 0.3) is 0 Å². The Balaban J connectivity index is 2.91. The molecule has 14 heavy (non-hydrogen) atoms. The van der Waals surface area contributed by atoms with Gasteiger partial charge in [-0.3, -0.25) is 9.78 Å². The van der Waals surface area contributed by atoms with Gasteiger partial charge in [-0.15, -0.1) is 0 Å². The van der Waals surface area contributed by atoms with E-state index >= 15 is 0 Å². The zero-order valence-electron chi connectivity index (χ0n) is 8.67. The number of rotatable bonds is 3. The van der Waals surface area contributed by atoms with E-state index in [0.717, 1.165) is 15.5 Å². The van der Waals surface area contributed by atoms with Gasteiger partial charge in [0.2, 0.25) is 0 Å². The zero-order chi connectivity index (χ0) is 10.7. The van der Waals surface area contributed by atoms with Crippen LogP contribution < -0.4 is 5.46 Å². The summed E-state index contributed by atoms with van der Waals surface area (Å²) in [6.45, 7) is 3.85.